The molecule has 0 aliphatic heterocycles. The molecule has 2 heteroatoms. The lowest BCUT2D eigenvalue weighted by Crippen LogP contribution is -2.37. The molecule has 0 saturated heterocycles. The number of aliphatic hydroxyl groups is 1. The van der Waals surface area contributed by atoms with Crippen molar-refractivity contribution < 1.29 is 9.90 Å². The molecule has 0 heterocycles. The SMILES string of the molecule is CC1(CO)[C@H]2C3C[C@]1(C)C(=O)C32. The first-order valence-electron chi connectivity index (χ1n) is 4.71. The zero-order valence-electron chi connectivity index (χ0n) is 7.50. The van der Waals surface area contributed by atoms with Crippen LogP contribution in [0.1, 0.15) is 20.3 Å². The van der Waals surface area contributed by atoms with E-state index in [1.54, 1.807) is 0 Å². The Morgan fingerprint density at radius 3 is 2.42 bits per heavy atom. The summed E-state index contributed by atoms with van der Waals surface area (Å²) in [5.41, 5.74) is -0.263. The molecule has 4 aliphatic rings. The first-order chi connectivity index (χ1) is 5.56. The van der Waals surface area contributed by atoms with Gasteiger partial charge in [-0.15, -0.1) is 0 Å². The zero-order chi connectivity index (χ0) is 8.72. The summed E-state index contributed by atoms with van der Waals surface area (Å²) in [4.78, 5) is 11.8. The molecule has 4 fully saturated rings. The van der Waals surface area contributed by atoms with Gasteiger partial charge in [-0.3, -0.25) is 4.79 Å². The molecular weight excluding hydrogens is 152 g/mol. The number of aliphatic hydroxyl groups excluding tert-OH is 1. The molecule has 2 nitrogen and oxygen atoms in total. The van der Waals surface area contributed by atoms with Crippen LogP contribution >= 0.6 is 0 Å². The number of hydrogen-bond donors (Lipinski definition) is 1. The molecule has 0 amide bonds. The molecule has 1 N–H and O–H groups in total. The normalized spacial score (nSPS) is 65.9. The van der Waals surface area contributed by atoms with Crippen LogP contribution in [0, 0.1) is 28.6 Å². The summed E-state index contributed by atoms with van der Waals surface area (Å²) in [5.74, 6) is 1.95. The molecule has 4 bridgehead atoms. The second-order valence-corrected chi connectivity index (χ2v) is 5.19. The van der Waals surface area contributed by atoms with E-state index in [9.17, 15) is 9.90 Å². The van der Waals surface area contributed by atoms with Gasteiger partial charge in [-0.25, -0.2) is 0 Å². The molecule has 3 unspecified atom stereocenters. The van der Waals surface area contributed by atoms with Crippen LogP contribution in [0.3, 0.4) is 0 Å². The van der Waals surface area contributed by atoms with Crippen LogP contribution in [0.15, 0.2) is 0 Å². The van der Waals surface area contributed by atoms with Gasteiger partial charge < -0.3 is 5.11 Å². The smallest absolute Gasteiger partial charge is 0.143 e. The van der Waals surface area contributed by atoms with Crippen molar-refractivity contribution in [3.8, 4) is 0 Å². The average molecular weight is 166 g/mol. The highest BCUT2D eigenvalue weighted by molar-refractivity contribution is 5.97. The van der Waals surface area contributed by atoms with Crippen molar-refractivity contribution in [3.05, 3.63) is 0 Å². The fourth-order valence-electron chi connectivity index (χ4n) is 3.96. The van der Waals surface area contributed by atoms with Crippen LogP contribution < -0.4 is 0 Å². The summed E-state index contributed by atoms with van der Waals surface area (Å²) in [6, 6.07) is 0. The number of rotatable bonds is 1. The quantitative estimate of drug-likeness (QED) is 0.626. The summed E-state index contributed by atoms with van der Waals surface area (Å²) in [6.45, 7) is 4.32. The Labute approximate surface area is 72.0 Å². The summed E-state index contributed by atoms with van der Waals surface area (Å²) < 4.78 is 0. The standard InChI is InChI=1S/C10H14O2/c1-9-3-5-6(8(9)12)7(5)10(9,2)4-11/h5-7,11H,3-4H2,1-2H3/t5?,6?,7-,9+,10?/m0/s1. The van der Waals surface area contributed by atoms with Gasteiger partial charge in [-0.1, -0.05) is 13.8 Å². The van der Waals surface area contributed by atoms with E-state index in [1.807, 2.05) is 6.92 Å². The molecule has 4 aliphatic carbocycles. The van der Waals surface area contributed by atoms with Gasteiger partial charge in [0.1, 0.15) is 5.78 Å². The minimum absolute atomic E-state index is 0.0839. The Kier molecular flexibility index (Phi) is 0.885. The van der Waals surface area contributed by atoms with Crippen LogP contribution in [0.4, 0.5) is 0 Å². The summed E-state index contributed by atoms with van der Waals surface area (Å²) in [5, 5.41) is 9.35. The molecule has 0 aromatic rings. The third-order valence-corrected chi connectivity index (χ3v) is 4.98. The Bertz CT molecular complexity index is 286. The maximum Gasteiger partial charge on any atom is 0.143 e. The van der Waals surface area contributed by atoms with Gasteiger partial charge in [0.15, 0.2) is 0 Å². The van der Waals surface area contributed by atoms with Crippen molar-refractivity contribution >= 4 is 5.78 Å². The Hall–Kier alpha value is -0.370. The van der Waals surface area contributed by atoms with Gasteiger partial charge >= 0.3 is 0 Å². The number of carbonyl (C=O) groups is 1. The largest absolute Gasteiger partial charge is 0.396 e. The van der Waals surface area contributed by atoms with Crippen molar-refractivity contribution in [1.82, 2.24) is 0 Å². The molecular formula is C10H14O2. The lowest BCUT2D eigenvalue weighted by atomic mass is 9.69. The highest BCUT2D eigenvalue weighted by Gasteiger charge is 2.83. The second kappa shape index (κ2) is 1.50. The van der Waals surface area contributed by atoms with Crippen molar-refractivity contribution in [1.29, 1.82) is 0 Å². The highest BCUT2D eigenvalue weighted by Crippen LogP contribution is 2.81. The molecule has 12 heavy (non-hydrogen) atoms. The Morgan fingerprint density at radius 2 is 2.25 bits per heavy atom. The molecule has 0 aromatic carbocycles. The number of Topliss-reactive ketones (excluding diaryl/α,β-unsaturated/α-hetero) is 1. The van der Waals surface area contributed by atoms with E-state index in [0.29, 0.717) is 23.5 Å². The summed E-state index contributed by atoms with van der Waals surface area (Å²) in [6.07, 6.45) is 1.04. The molecule has 0 aromatic heterocycles. The minimum atomic E-state index is -0.179. The van der Waals surface area contributed by atoms with E-state index in [-0.39, 0.29) is 17.4 Å². The third-order valence-electron chi connectivity index (χ3n) is 4.98. The molecule has 66 valence electrons. The second-order valence-electron chi connectivity index (χ2n) is 5.19. The van der Waals surface area contributed by atoms with E-state index in [4.69, 9.17) is 0 Å². The fourth-order valence-corrected chi connectivity index (χ4v) is 3.96. The lowest BCUT2D eigenvalue weighted by Gasteiger charge is -2.34. The molecule has 0 radical (unpaired) electrons. The van der Waals surface area contributed by atoms with Crippen LogP contribution in [0.25, 0.3) is 0 Å². The number of hydrogen-bond acceptors (Lipinski definition) is 2. The van der Waals surface area contributed by atoms with E-state index < -0.39 is 0 Å². The fraction of sp³-hybridized carbons (Fsp3) is 0.900. The van der Waals surface area contributed by atoms with Crippen LogP contribution in [0.2, 0.25) is 0 Å². The van der Waals surface area contributed by atoms with Crippen molar-refractivity contribution in [2.75, 3.05) is 6.61 Å². The average Bonchev–Trinajstić information content (AvgIpc) is 2.56. The van der Waals surface area contributed by atoms with E-state index >= 15 is 0 Å². The highest BCUT2D eigenvalue weighted by atomic mass is 16.3. The van der Waals surface area contributed by atoms with Gasteiger partial charge in [-0.2, -0.15) is 0 Å². The van der Waals surface area contributed by atoms with Crippen molar-refractivity contribution in [2.24, 2.45) is 28.6 Å². The Balaban J connectivity index is 2.17. The van der Waals surface area contributed by atoms with E-state index in [1.165, 1.54) is 0 Å². The van der Waals surface area contributed by atoms with E-state index in [2.05, 4.69) is 6.92 Å². The van der Waals surface area contributed by atoms with Crippen molar-refractivity contribution in [2.45, 2.75) is 20.3 Å². The monoisotopic (exact) mass is 166 g/mol. The molecule has 5 atom stereocenters. The predicted octanol–water partition coefficient (Wildman–Crippen LogP) is 0.840. The lowest BCUT2D eigenvalue weighted by molar-refractivity contribution is -0.129. The Morgan fingerprint density at radius 1 is 1.58 bits per heavy atom. The summed E-state index contributed by atoms with van der Waals surface area (Å²) >= 11 is 0. The predicted molar refractivity (Wildman–Crippen MR) is 43.4 cm³/mol. The third kappa shape index (κ3) is 0.395. The first kappa shape index (κ1) is 7.07. The van der Waals surface area contributed by atoms with Crippen LogP contribution in [0.5, 0.6) is 0 Å². The summed E-state index contributed by atoms with van der Waals surface area (Å²) in [7, 11) is 0. The van der Waals surface area contributed by atoms with Crippen LogP contribution in [-0.2, 0) is 4.79 Å². The number of carbonyl (C=O) groups excluding carboxylic acids is 1. The van der Waals surface area contributed by atoms with Crippen molar-refractivity contribution in [3.63, 3.8) is 0 Å². The van der Waals surface area contributed by atoms with E-state index in [0.717, 1.165) is 6.42 Å². The van der Waals surface area contributed by atoms with Gasteiger partial charge in [-0.05, 0) is 18.3 Å². The van der Waals surface area contributed by atoms with Gasteiger partial charge in [0.05, 0.1) is 0 Å². The number of ketones is 1. The molecule has 4 saturated carbocycles. The first-order valence-corrected chi connectivity index (χ1v) is 4.71. The van der Waals surface area contributed by atoms with Gasteiger partial charge in [0, 0.05) is 23.4 Å². The minimum Gasteiger partial charge on any atom is -0.396 e. The van der Waals surface area contributed by atoms with Gasteiger partial charge in [0.2, 0.25) is 0 Å². The zero-order valence-corrected chi connectivity index (χ0v) is 7.50. The topological polar surface area (TPSA) is 37.3 Å². The van der Waals surface area contributed by atoms with Crippen LogP contribution in [-0.4, -0.2) is 17.5 Å². The van der Waals surface area contributed by atoms with Gasteiger partial charge in [0.25, 0.3) is 0 Å². The molecule has 4 rings (SSSR count). The maximum atomic E-state index is 11.8. The molecule has 0 spiro atoms. The maximum absolute atomic E-state index is 11.8.